The first-order chi connectivity index (χ1) is 42.4. The summed E-state index contributed by atoms with van der Waals surface area (Å²) in [6.07, 6.45) is 7.41. The highest BCUT2D eigenvalue weighted by atomic mass is 16.5. The Hall–Kier alpha value is -8.52. The Labute approximate surface area is 520 Å². The van der Waals surface area contributed by atoms with Crippen molar-refractivity contribution in [3.63, 3.8) is 0 Å². The van der Waals surface area contributed by atoms with Crippen LogP contribution in [-0.2, 0) is 60.8 Å². The Morgan fingerprint density at radius 1 is 0.596 bits per heavy atom. The maximum absolute atomic E-state index is 14.7. The third-order valence-corrected chi connectivity index (χ3v) is 17.3. The number of rotatable bonds is 35. The minimum absolute atomic E-state index is 0.00780. The van der Waals surface area contributed by atoms with Gasteiger partial charge in [0.2, 0.25) is 59.1 Å². The molecule has 2 aromatic carbocycles. The van der Waals surface area contributed by atoms with Gasteiger partial charge in [0, 0.05) is 38.9 Å². The first-order valence-corrected chi connectivity index (χ1v) is 31.2. The second kappa shape index (κ2) is 33.2. The van der Waals surface area contributed by atoms with Crippen LogP contribution < -0.4 is 76.4 Å². The van der Waals surface area contributed by atoms with Gasteiger partial charge in [-0.25, -0.2) is 0 Å². The van der Waals surface area contributed by atoms with Gasteiger partial charge in [-0.3, -0.25) is 57.9 Å². The normalized spacial score (nSPS) is 21.2. The minimum Gasteiger partial charge on any atom is -0.494 e. The van der Waals surface area contributed by atoms with Crippen LogP contribution >= 0.6 is 0 Å². The zero-order valence-corrected chi connectivity index (χ0v) is 51.8. The molecule has 27 nitrogen and oxygen atoms in total. The van der Waals surface area contributed by atoms with Crippen LogP contribution in [0.4, 0.5) is 0 Å². The molecule has 1 heterocycles. The smallest absolute Gasteiger partial charge is 0.245 e. The summed E-state index contributed by atoms with van der Waals surface area (Å²) < 4.78 is 5.65. The second-order valence-electron chi connectivity index (χ2n) is 24.8. The number of hydrogen-bond acceptors (Lipinski definition) is 13. The molecule has 5 fully saturated rings. The fraction of sp³-hybridized carbons (Fsp3) is 0.613. The predicted octanol–water partition coefficient (Wildman–Crippen LogP) is -0.605. The third kappa shape index (κ3) is 21.1. The molecule has 0 aromatic heterocycles. The van der Waals surface area contributed by atoms with Gasteiger partial charge < -0.3 is 81.3 Å². The molecule has 7 rings (SSSR count). The van der Waals surface area contributed by atoms with Gasteiger partial charge in [-0.05, 0) is 143 Å². The van der Waals surface area contributed by atoms with E-state index in [9.17, 15) is 47.9 Å². The molecule has 5 aliphatic rings. The summed E-state index contributed by atoms with van der Waals surface area (Å²) in [5.41, 5.74) is 34.3. The van der Waals surface area contributed by atoms with E-state index in [0.717, 1.165) is 24.8 Å². The van der Waals surface area contributed by atoms with Crippen LogP contribution in [0.1, 0.15) is 135 Å². The summed E-state index contributed by atoms with van der Waals surface area (Å²) in [6.45, 7) is 7.58. The molecule has 4 saturated carbocycles. The predicted molar refractivity (Wildman–Crippen MR) is 333 cm³/mol. The van der Waals surface area contributed by atoms with Gasteiger partial charge in [0.15, 0.2) is 11.9 Å². The second-order valence-corrected chi connectivity index (χ2v) is 24.8. The number of primary amides is 2. The largest absolute Gasteiger partial charge is 0.494 e. The highest BCUT2D eigenvalue weighted by Crippen LogP contribution is 2.61. The summed E-state index contributed by atoms with van der Waals surface area (Å²) in [7, 11) is 0. The van der Waals surface area contributed by atoms with Crippen molar-refractivity contribution in [2.75, 3.05) is 26.2 Å². The van der Waals surface area contributed by atoms with Crippen molar-refractivity contribution >= 4 is 71.0 Å². The van der Waals surface area contributed by atoms with Crippen molar-refractivity contribution < 1.29 is 52.7 Å². The van der Waals surface area contributed by atoms with Gasteiger partial charge in [0.05, 0.1) is 13.0 Å². The molecule has 488 valence electrons. The molecule has 1 aliphatic heterocycles. The molecule has 10 amide bonds. The van der Waals surface area contributed by atoms with E-state index in [1.54, 1.807) is 63.2 Å². The summed E-state index contributed by atoms with van der Waals surface area (Å²) in [6, 6.07) is 5.98. The van der Waals surface area contributed by atoms with Crippen LogP contribution in [0.3, 0.4) is 0 Å². The monoisotopic (exact) mass is 1240 g/mol. The summed E-state index contributed by atoms with van der Waals surface area (Å²) in [5, 5.41) is 19.2. The fourth-order valence-electron chi connectivity index (χ4n) is 13.4. The molecule has 0 unspecified atom stereocenters. The number of guanidine groups is 2. The number of amides is 10. The van der Waals surface area contributed by atoms with E-state index < -0.39 is 114 Å². The lowest BCUT2D eigenvalue weighted by molar-refractivity contribution is -0.143. The number of benzene rings is 2. The molecule has 0 spiro atoms. The lowest BCUT2D eigenvalue weighted by Gasteiger charge is -2.56. The Balaban J connectivity index is 1.14. The first kappa shape index (κ1) is 69.6. The average Bonchev–Trinajstić information content (AvgIpc) is 1.45. The van der Waals surface area contributed by atoms with E-state index in [-0.39, 0.29) is 94.2 Å². The topological polar surface area (TPSA) is 448 Å². The van der Waals surface area contributed by atoms with Crippen molar-refractivity contribution in [2.45, 2.75) is 185 Å². The van der Waals surface area contributed by atoms with E-state index in [2.05, 4.69) is 47.2 Å². The van der Waals surface area contributed by atoms with Crippen molar-refractivity contribution in [1.82, 2.24) is 42.1 Å². The molecule has 19 N–H and O–H groups in total. The molecule has 89 heavy (non-hydrogen) atoms. The number of aliphatic imine (C=N–C) groups is 2. The molecule has 0 radical (unpaired) electrons. The molecule has 1 saturated heterocycles. The number of carbonyl (C=O) groups is 10. The standard InChI is InChI=1S/C62H94N16O11/c1-5-42(59(88)78-24-12-17-48(78)57(86)74-44(16-11-23-70-61(67)68)53(82)73-43(52(64)81)15-10-22-69-60(65)66)72-55(84)47(30-49(63)79)76-58(87)51(35(3)4)77-56(85)46(28-36-13-8-7-9-14-36)75-54(83)45(29-37-18-20-41(21-19-37)89-6-2)71-50(80)34-62-31-38-25-39(32-62)27-40(26-38)33-62/h7-9,13-14,18-21,35,38-40,42-48,51H,5-6,10-12,15-17,22-34H2,1-4H3,(H2,63,79)(H2,64,81)(H,71,80)(H,72,84)(H,73,82)(H,74,86)(H,75,83)(H,76,87)(H,77,85)(H4,65,66,69)(H4,67,68,70)/t38?,39?,40?,42-,43+,44+,45+,46-,47-,48-,51-,62?/m1/s1. The number of hydrogen-bond donors (Lipinski definition) is 13. The summed E-state index contributed by atoms with van der Waals surface area (Å²) >= 11 is 0. The van der Waals surface area contributed by atoms with Crippen LogP contribution in [0.25, 0.3) is 0 Å². The van der Waals surface area contributed by atoms with E-state index in [1.165, 1.54) is 24.2 Å². The molecule has 4 aliphatic carbocycles. The minimum atomic E-state index is -1.66. The number of carbonyl (C=O) groups excluding carboxylic acids is 10. The van der Waals surface area contributed by atoms with Gasteiger partial charge in [-0.1, -0.05) is 63.2 Å². The van der Waals surface area contributed by atoms with E-state index in [0.29, 0.717) is 48.5 Å². The molecule has 4 bridgehead atoms. The zero-order chi connectivity index (χ0) is 65.0. The van der Waals surface area contributed by atoms with Gasteiger partial charge in [0.25, 0.3) is 0 Å². The van der Waals surface area contributed by atoms with Crippen molar-refractivity contribution in [2.24, 2.45) is 73.5 Å². The molecule has 27 heteroatoms. The van der Waals surface area contributed by atoms with Crippen LogP contribution in [0.2, 0.25) is 0 Å². The quantitative estimate of drug-likeness (QED) is 0.0233. The number of nitrogens with two attached hydrogens (primary N) is 6. The highest BCUT2D eigenvalue weighted by molar-refractivity contribution is 5.99. The highest BCUT2D eigenvalue weighted by Gasteiger charge is 2.52. The van der Waals surface area contributed by atoms with Gasteiger partial charge in [0.1, 0.15) is 54.1 Å². The Morgan fingerprint density at radius 2 is 1.10 bits per heavy atom. The average molecular weight is 1240 g/mol. The lowest BCUT2D eigenvalue weighted by atomic mass is 9.49. The first-order valence-electron chi connectivity index (χ1n) is 31.2. The zero-order valence-electron chi connectivity index (χ0n) is 51.8. The van der Waals surface area contributed by atoms with Crippen LogP contribution in [0, 0.1) is 29.1 Å². The number of likely N-dealkylation sites (tertiary alicyclic amines) is 1. The van der Waals surface area contributed by atoms with Crippen molar-refractivity contribution in [3.05, 3.63) is 65.7 Å². The Morgan fingerprint density at radius 3 is 1.64 bits per heavy atom. The van der Waals surface area contributed by atoms with Gasteiger partial charge >= 0.3 is 0 Å². The number of nitrogens with zero attached hydrogens (tertiary/aromatic N) is 3. The molecule has 8 atom stereocenters. The molecular weight excluding hydrogens is 1140 g/mol. The maximum Gasteiger partial charge on any atom is 0.245 e. The number of nitrogens with one attached hydrogen (secondary N) is 7. The van der Waals surface area contributed by atoms with Gasteiger partial charge in [-0.2, -0.15) is 0 Å². The summed E-state index contributed by atoms with van der Waals surface area (Å²) in [4.78, 5) is 149. The Kier molecular flexibility index (Phi) is 25.9. The molecule has 2 aromatic rings. The third-order valence-electron chi connectivity index (χ3n) is 17.3. The van der Waals surface area contributed by atoms with Crippen molar-refractivity contribution in [3.8, 4) is 5.75 Å². The van der Waals surface area contributed by atoms with Gasteiger partial charge in [-0.15, -0.1) is 0 Å². The lowest BCUT2D eigenvalue weighted by Crippen LogP contribution is -2.61. The van der Waals surface area contributed by atoms with E-state index in [1.807, 2.05) is 19.1 Å². The van der Waals surface area contributed by atoms with Crippen LogP contribution in [0.15, 0.2) is 64.6 Å². The number of ether oxygens (including phenoxy) is 1. The van der Waals surface area contributed by atoms with Crippen LogP contribution in [-0.4, -0.2) is 150 Å². The van der Waals surface area contributed by atoms with Crippen LogP contribution in [0.5, 0.6) is 5.75 Å². The fourth-order valence-corrected chi connectivity index (χ4v) is 13.4. The Bertz CT molecular complexity index is 2830. The molecular formula is C62H94N16O11. The SMILES string of the molecule is CCOc1ccc(C[C@H](NC(=O)CC23CC4CC(CC(C4)C2)C3)C(=O)N[C@H](Cc2ccccc2)C(=O)N[C@@H](C(=O)N[C@H](CC(N)=O)C(=O)N[C@H](CC)C(=O)N2CCC[C@@H]2C(=O)N[C@@H](CCCN=C(N)N)C(=O)N[C@@H](CCCN=C(N)N)C(N)=O)C(C)C)cc1. The summed E-state index contributed by atoms with van der Waals surface area (Å²) in [5.74, 6) is -5.90. The maximum atomic E-state index is 14.7. The van der Waals surface area contributed by atoms with E-state index in [4.69, 9.17) is 39.1 Å². The van der Waals surface area contributed by atoms with E-state index >= 15 is 0 Å². The van der Waals surface area contributed by atoms with Crippen molar-refractivity contribution in [1.29, 1.82) is 0 Å².